The van der Waals surface area contributed by atoms with Crippen LogP contribution >= 0.6 is 23.2 Å². The van der Waals surface area contributed by atoms with Gasteiger partial charge in [-0.3, -0.25) is 4.79 Å². The Bertz CT molecular complexity index is 1090. The molecule has 7 heteroatoms. The first kappa shape index (κ1) is 16.6. The standard InChI is InChI=1S/C19H12Cl2N4O/c20-12-9-10-16(21)25-17(12)19(26)24-13-6-2-1-5-11(13)18-22-14-7-3-4-8-15(14)23-18/h1-10H,(H,22,23)(H,24,26). The van der Waals surface area contributed by atoms with Gasteiger partial charge in [-0.25, -0.2) is 9.97 Å². The van der Waals surface area contributed by atoms with Crippen molar-refractivity contribution in [1.82, 2.24) is 15.0 Å². The Hall–Kier alpha value is -2.89. The smallest absolute Gasteiger partial charge is 0.275 e. The average molecular weight is 383 g/mol. The van der Waals surface area contributed by atoms with Crippen molar-refractivity contribution in [3.8, 4) is 11.4 Å². The van der Waals surface area contributed by atoms with E-state index in [2.05, 4.69) is 20.3 Å². The van der Waals surface area contributed by atoms with Crippen LogP contribution in [0.4, 0.5) is 5.69 Å². The van der Waals surface area contributed by atoms with Gasteiger partial charge in [-0.2, -0.15) is 0 Å². The summed E-state index contributed by atoms with van der Waals surface area (Å²) < 4.78 is 0. The van der Waals surface area contributed by atoms with Crippen LogP contribution < -0.4 is 5.32 Å². The van der Waals surface area contributed by atoms with E-state index in [9.17, 15) is 4.79 Å². The van der Waals surface area contributed by atoms with Crippen LogP contribution in [0.2, 0.25) is 10.2 Å². The number of nitrogens with zero attached hydrogens (tertiary/aromatic N) is 2. The van der Waals surface area contributed by atoms with E-state index in [0.29, 0.717) is 11.5 Å². The molecule has 0 atom stereocenters. The van der Waals surface area contributed by atoms with Gasteiger partial charge < -0.3 is 10.3 Å². The molecule has 0 aliphatic heterocycles. The zero-order chi connectivity index (χ0) is 18.1. The van der Waals surface area contributed by atoms with Crippen LogP contribution in [-0.4, -0.2) is 20.9 Å². The Kier molecular flexibility index (Phi) is 4.32. The first-order valence-corrected chi connectivity index (χ1v) is 8.55. The lowest BCUT2D eigenvalue weighted by Crippen LogP contribution is -2.15. The van der Waals surface area contributed by atoms with E-state index in [1.165, 1.54) is 12.1 Å². The zero-order valence-electron chi connectivity index (χ0n) is 13.3. The third kappa shape index (κ3) is 3.14. The highest BCUT2D eigenvalue weighted by Gasteiger charge is 2.16. The van der Waals surface area contributed by atoms with Crippen LogP contribution in [0.25, 0.3) is 22.4 Å². The molecule has 0 fully saturated rings. The fourth-order valence-corrected chi connectivity index (χ4v) is 2.98. The third-order valence-electron chi connectivity index (χ3n) is 3.85. The van der Waals surface area contributed by atoms with E-state index in [4.69, 9.17) is 23.2 Å². The predicted octanol–water partition coefficient (Wildman–Crippen LogP) is 5.18. The number of hydrogen-bond acceptors (Lipinski definition) is 3. The minimum atomic E-state index is -0.443. The highest BCUT2D eigenvalue weighted by atomic mass is 35.5. The van der Waals surface area contributed by atoms with Gasteiger partial charge in [-0.1, -0.05) is 47.5 Å². The molecule has 0 aliphatic carbocycles. The Morgan fingerprint density at radius 1 is 0.923 bits per heavy atom. The summed E-state index contributed by atoms with van der Waals surface area (Å²) in [6.45, 7) is 0. The van der Waals surface area contributed by atoms with Crippen LogP contribution in [0, 0.1) is 0 Å². The molecule has 0 aliphatic rings. The first-order valence-electron chi connectivity index (χ1n) is 7.79. The number of hydrogen-bond donors (Lipinski definition) is 2. The monoisotopic (exact) mass is 382 g/mol. The number of amides is 1. The summed E-state index contributed by atoms with van der Waals surface area (Å²) in [6.07, 6.45) is 0. The van der Waals surface area contributed by atoms with Gasteiger partial charge in [0.2, 0.25) is 0 Å². The zero-order valence-corrected chi connectivity index (χ0v) is 14.8. The molecule has 0 radical (unpaired) electrons. The molecule has 4 aromatic rings. The molecule has 1 amide bonds. The van der Waals surface area contributed by atoms with Crippen molar-refractivity contribution < 1.29 is 4.79 Å². The van der Waals surface area contributed by atoms with Crippen LogP contribution in [-0.2, 0) is 0 Å². The van der Waals surface area contributed by atoms with Crippen LogP contribution in [0.3, 0.4) is 0 Å². The second kappa shape index (κ2) is 6.78. The van der Waals surface area contributed by atoms with Crippen LogP contribution in [0.5, 0.6) is 0 Å². The average Bonchev–Trinajstić information content (AvgIpc) is 3.08. The number of H-pyrrole nitrogens is 1. The van der Waals surface area contributed by atoms with E-state index in [1.807, 2.05) is 42.5 Å². The maximum atomic E-state index is 12.6. The Labute approximate surface area is 159 Å². The van der Waals surface area contributed by atoms with Crippen molar-refractivity contribution in [2.45, 2.75) is 0 Å². The third-order valence-corrected chi connectivity index (χ3v) is 4.36. The molecule has 128 valence electrons. The van der Waals surface area contributed by atoms with E-state index < -0.39 is 5.91 Å². The van der Waals surface area contributed by atoms with E-state index in [-0.39, 0.29) is 15.9 Å². The number of halogens is 2. The van der Waals surface area contributed by atoms with Crippen molar-refractivity contribution in [2.75, 3.05) is 5.32 Å². The fraction of sp³-hybridized carbons (Fsp3) is 0. The SMILES string of the molecule is O=C(Nc1ccccc1-c1nc2ccccc2[nH]1)c1nc(Cl)ccc1Cl. The summed E-state index contributed by atoms with van der Waals surface area (Å²) in [5.41, 5.74) is 3.19. The number of rotatable bonds is 3. The van der Waals surface area contributed by atoms with Crippen LogP contribution in [0.15, 0.2) is 60.7 Å². The van der Waals surface area contributed by atoms with Gasteiger partial charge in [0.25, 0.3) is 5.91 Å². The number of pyridine rings is 1. The molecule has 0 spiro atoms. The molecule has 0 bridgehead atoms. The maximum Gasteiger partial charge on any atom is 0.275 e. The number of aromatic nitrogens is 3. The topological polar surface area (TPSA) is 70.7 Å². The Morgan fingerprint density at radius 3 is 2.54 bits per heavy atom. The molecule has 2 heterocycles. The summed E-state index contributed by atoms with van der Waals surface area (Å²) in [4.78, 5) is 24.4. The van der Waals surface area contributed by atoms with Gasteiger partial charge in [0.15, 0.2) is 0 Å². The lowest BCUT2D eigenvalue weighted by molar-refractivity contribution is 0.102. The quantitative estimate of drug-likeness (QED) is 0.479. The Morgan fingerprint density at radius 2 is 1.69 bits per heavy atom. The van der Waals surface area contributed by atoms with Gasteiger partial charge in [0, 0.05) is 5.56 Å². The number of aromatic amines is 1. The Balaban J connectivity index is 1.72. The summed E-state index contributed by atoms with van der Waals surface area (Å²) in [6, 6.07) is 18.2. The van der Waals surface area contributed by atoms with Crippen molar-refractivity contribution in [1.29, 1.82) is 0 Å². The molecule has 2 aromatic carbocycles. The van der Waals surface area contributed by atoms with Crippen molar-refractivity contribution in [2.24, 2.45) is 0 Å². The summed E-state index contributed by atoms with van der Waals surface area (Å²) in [7, 11) is 0. The molecule has 0 saturated heterocycles. The highest BCUT2D eigenvalue weighted by Crippen LogP contribution is 2.28. The van der Waals surface area contributed by atoms with Crippen molar-refractivity contribution in [3.63, 3.8) is 0 Å². The summed E-state index contributed by atoms with van der Waals surface area (Å²) >= 11 is 11.9. The van der Waals surface area contributed by atoms with E-state index in [1.54, 1.807) is 6.07 Å². The number of para-hydroxylation sites is 3. The molecule has 26 heavy (non-hydrogen) atoms. The van der Waals surface area contributed by atoms with Gasteiger partial charge in [0.1, 0.15) is 16.7 Å². The molecular formula is C19H12Cl2N4O. The van der Waals surface area contributed by atoms with Gasteiger partial charge in [-0.15, -0.1) is 0 Å². The number of carbonyl (C=O) groups is 1. The second-order valence-corrected chi connectivity index (χ2v) is 6.36. The molecule has 2 N–H and O–H groups in total. The summed E-state index contributed by atoms with van der Waals surface area (Å²) in [5.74, 6) is 0.216. The van der Waals surface area contributed by atoms with Gasteiger partial charge in [-0.05, 0) is 36.4 Å². The van der Waals surface area contributed by atoms with Crippen molar-refractivity contribution >= 4 is 45.8 Å². The minimum Gasteiger partial charge on any atom is -0.338 e. The van der Waals surface area contributed by atoms with E-state index >= 15 is 0 Å². The maximum absolute atomic E-state index is 12.6. The molecule has 2 aromatic heterocycles. The number of nitrogens with one attached hydrogen (secondary N) is 2. The summed E-state index contributed by atoms with van der Waals surface area (Å²) in [5, 5.41) is 3.26. The normalized spacial score (nSPS) is 10.8. The van der Waals surface area contributed by atoms with E-state index in [0.717, 1.165) is 16.6 Å². The van der Waals surface area contributed by atoms with Crippen molar-refractivity contribution in [3.05, 3.63) is 76.5 Å². The number of fused-ring (bicyclic) bond motifs is 1. The first-order chi connectivity index (χ1) is 12.6. The van der Waals surface area contributed by atoms with Gasteiger partial charge >= 0.3 is 0 Å². The minimum absolute atomic E-state index is 0.0681. The largest absolute Gasteiger partial charge is 0.338 e. The number of benzene rings is 2. The van der Waals surface area contributed by atoms with Crippen LogP contribution in [0.1, 0.15) is 10.5 Å². The number of carbonyl (C=O) groups excluding carboxylic acids is 1. The number of anilines is 1. The lowest BCUT2D eigenvalue weighted by atomic mass is 10.1. The molecule has 0 unspecified atom stereocenters. The highest BCUT2D eigenvalue weighted by molar-refractivity contribution is 6.35. The molecule has 5 nitrogen and oxygen atoms in total. The van der Waals surface area contributed by atoms with Gasteiger partial charge in [0.05, 0.1) is 21.7 Å². The predicted molar refractivity (Wildman–Crippen MR) is 104 cm³/mol. The molecular weight excluding hydrogens is 371 g/mol. The molecule has 0 saturated carbocycles. The molecule has 4 rings (SSSR count). The lowest BCUT2D eigenvalue weighted by Gasteiger charge is -2.10. The number of imidazole rings is 1. The fourth-order valence-electron chi connectivity index (χ4n) is 2.64. The second-order valence-electron chi connectivity index (χ2n) is 5.57.